The van der Waals surface area contributed by atoms with Crippen LogP contribution in [0, 0.1) is 0 Å². The number of H-pyrrole nitrogens is 1. The molecule has 0 aliphatic heterocycles. The summed E-state index contributed by atoms with van der Waals surface area (Å²) in [5.74, 6) is -0.0214. The van der Waals surface area contributed by atoms with Crippen LogP contribution in [0.1, 0.15) is 27.3 Å². The summed E-state index contributed by atoms with van der Waals surface area (Å²) in [4.78, 5) is 20.2. The molecule has 0 fully saturated rings. The predicted octanol–water partition coefficient (Wildman–Crippen LogP) is 7.39. The first-order valence-corrected chi connectivity index (χ1v) is 10.3. The Morgan fingerprint density at radius 2 is 1.69 bits per heavy atom. The Balaban J connectivity index is 1.59. The third-order valence-electron chi connectivity index (χ3n) is 4.74. The Morgan fingerprint density at radius 3 is 2.38 bits per heavy atom. The first-order valence-electron chi connectivity index (χ1n) is 9.21. The van der Waals surface area contributed by atoms with Gasteiger partial charge in [0.1, 0.15) is 5.82 Å². The van der Waals surface area contributed by atoms with Crippen molar-refractivity contribution in [3.05, 3.63) is 92.2 Å². The third kappa shape index (κ3) is 4.70. The quantitative estimate of drug-likeness (QED) is 0.308. The molecular weight excluding hydrogens is 486 g/mol. The molecule has 32 heavy (non-hydrogen) atoms. The number of hydrogen-bond acceptors (Lipinski definition) is 2. The van der Waals surface area contributed by atoms with Gasteiger partial charge in [-0.2, -0.15) is 13.2 Å². The molecule has 0 saturated heterocycles. The number of fused-ring (bicyclic) bond motifs is 1. The minimum absolute atomic E-state index is 0.00660. The molecule has 0 aliphatic carbocycles. The molecule has 164 valence electrons. The second-order valence-electron chi connectivity index (χ2n) is 6.94. The van der Waals surface area contributed by atoms with Gasteiger partial charge in [-0.25, -0.2) is 4.98 Å². The number of hydrogen-bond donors (Lipinski definition) is 2. The average Bonchev–Trinajstić information content (AvgIpc) is 3.13. The number of nitrogens with one attached hydrogen (secondary N) is 2. The van der Waals surface area contributed by atoms with E-state index in [9.17, 15) is 18.0 Å². The largest absolute Gasteiger partial charge is 0.416 e. The van der Waals surface area contributed by atoms with Crippen molar-refractivity contribution in [3.8, 4) is 0 Å². The van der Waals surface area contributed by atoms with E-state index in [0.29, 0.717) is 38.9 Å². The average molecular weight is 499 g/mol. The van der Waals surface area contributed by atoms with Gasteiger partial charge in [0.25, 0.3) is 5.91 Å². The molecule has 0 saturated carbocycles. The van der Waals surface area contributed by atoms with Crippen molar-refractivity contribution in [2.45, 2.75) is 12.6 Å². The van der Waals surface area contributed by atoms with Crippen molar-refractivity contribution < 1.29 is 18.0 Å². The normalized spacial score (nSPS) is 11.7. The monoisotopic (exact) mass is 497 g/mol. The topological polar surface area (TPSA) is 57.8 Å². The van der Waals surface area contributed by atoms with E-state index in [0.717, 1.165) is 18.2 Å². The van der Waals surface area contributed by atoms with Gasteiger partial charge in [0.05, 0.1) is 27.3 Å². The van der Waals surface area contributed by atoms with Crippen LogP contribution in [0.2, 0.25) is 15.1 Å². The van der Waals surface area contributed by atoms with Gasteiger partial charge >= 0.3 is 6.18 Å². The fraction of sp³-hybridized carbons (Fsp3) is 0.0909. The van der Waals surface area contributed by atoms with Crippen LogP contribution < -0.4 is 5.32 Å². The standard InChI is InChI=1S/C22H13Cl3F3N3O/c23-14-2-1-3-15(24)13(14)10-20-29-17-7-4-11(8-19(17)30-20)21(32)31-18-9-12(22(26,27)28)5-6-16(18)25/h1-9H,10H2,(H,29,30)(H,31,32). The summed E-state index contributed by atoms with van der Waals surface area (Å²) >= 11 is 18.4. The maximum Gasteiger partial charge on any atom is 0.416 e. The van der Waals surface area contributed by atoms with E-state index in [1.54, 1.807) is 30.3 Å². The van der Waals surface area contributed by atoms with E-state index in [1.807, 2.05) is 0 Å². The smallest absolute Gasteiger partial charge is 0.342 e. The van der Waals surface area contributed by atoms with Gasteiger partial charge in [-0.1, -0.05) is 40.9 Å². The number of amides is 1. The predicted molar refractivity (Wildman–Crippen MR) is 120 cm³/mol. The highest BCUT2D eigenvalue weighted by Crippen LogP contribution is 2.34. The van der Waals surface area contributed by atoms with Gasteiger partial charge in [-0.15, -0.1) is 0 Å². The van der Waals surface area contributed by atoms with Crippen LogP contribution in [0.25, 0.3) is 11.0 Å². The molecule has 0 radical (unpaired) electrons. The summed E-state index contributed by atoms with van der Waals surface area (Å²) in [6.45, 7) is 0. The van der Waals surface area contributed by atoms with E-state index < -0.39 is 17.6 Å². The van der Waals surface area contributed by atoms with Gasteiger partial charge in [-0.3, -0.25) is 4.79 Å². The van der Waals surface area contributed by atoms with Gasteiger partial charge < -0.3 is 10.3 Å². The molecule has 0 unspecified atom stereocenters. The second kappa shape index (κ2) is 8.65. The molecule has 2 N–H and O–H groups in total. The number of carbonyl (C=O) groups excluding carboxylic acids is 1. The SMILES string of the molecule is O=C(Nc1cc(C(F)(F)F)ccc1Cl)c1ccc2nc(Cc3c(Cl)cccc3Cl)[nH]c2c1. The molecule has 1 amide bonds. The van der Waals surface area contributed by atoms with Crippen molar-refractivity contribution >= 4 is 57.4 Å². The lowest BCUT2D eigenvalue weighted by atomic mass is 10.1. The van der Waals surface area contributed by atoms with E-state index in [-0.39, 0.29) is 16.3 Å². The molecule has 0 bridgehead atoms. The second-order valence-corrected chi connectivity index (χ2v) is 8.16. The number of aromatic nitrogens is 2. The Bertz CT molecular complexity index is 1310. The zero-order valence-electron chi connectivity index (χ0n) is 16.0. The van der Waals surface area contributed by atoms with Crippen LogP contribution in [0.4, 0.5) is 18.9 Å². The molecule has 4 rings (SSSR count). The van der Waals surface area contributed by atoms with Crippen LogP contribution >= 0.6 is 34.8 Å². The van der Waals surface area contributed by atoms with Crippen LogP contribution in [-0.4, -0.2) is 15.9 Å². The summed E-state index contributed by atoms with van der Waals surface area (Å²) in [6.07, 6.45) is -4.20. The number of alkyl halides is 3. The molecule has 1 heterocycles. The molecule has 10 heteroatoms. The number of aromatic amines is 1. The van der Waals surface area contributed by atoms with Crippen LogP contribution in [0.15, 0.2) is 54.6 Å². The Morgan fingerprint density at radius 1 is 0.969 bits per heavy atom. The Labute approximate surface area is 195 Å². The molecule has 1 aromatic heterocycles. The Kier molecular flexibility index (Phi) is 6.07. The Hall–Kier alpha value is -2.74. The zero-order chi connectivity index (χ0) is 23.0. The maximum atomic E-state index is 13.0. The minimum Gasteiger partial charge on any atom is -0.342 e. The summed E-state index contributed by atoms with van der Waals surface area (Å²) in [6, 6.07) is 12.6. The van der Waals surface area contributed by atoms with E-state index in [1.165, 1.54) is 6.07 Å². The van der Waals surface area contributed by atoms with E-state index >= 15 is 0 Å². The highest BCUT2D eigenvalue weighted by atomic mass is 35.5. The summed E-state index contributed by atoms with van der Waals surface area (Å²) in [7, 11) is 0. The number of rotatable bonds is 4. The highest BCUT2D eigenvalue weighted by molar-refractivity contribution is 6.36. The molecular formula is C22H13Cl3F3N3O. The van der Waals surface area contributed by atoms with Crippen LogP contribution in [0.3, 0.4) is 0 Å². The molecule has 3 aromatic carbocycles. The number of benzene rings is 3. The van der Waals surface area contributed by atoms with Crippen molar-refractivity contribution in [2.24, 2.45) is 0 Å². The molecule has 4 aromatic rings. The van der Waals surface area contributed by atoms with Crippen molar-refractivity contribution in [1.29, 1.82) is 0 Å². The lowest BCUT2D eigenvalue weighted by molar-refractivity contribution is -0.137. The van der Waals surface area contributed by atoms with Crippen LogP contribution in [0.5, 0.6) is 0 Å². The van der Waals surface area contributed by atoms with Crippen LogP contribution in [-0.2, 0) is 12.6 Å². The molecule has 4 nitrogen and oxygen atoms in total. The molecule has 0 spiro atoms. The molecule has 0 aliphatic rings. The lowest BCUT2D eigenvalue weighted by Crippen LogP contribution is -2.13. The number of anilines is 1. The number of imidazole rings is 1. The lowest BCUT2D eigenvalue weighted by Gasteiger charge is -2.11. The minimum atomic E-state index is -4.56. The fourth-order valence-electron chi connectivity index (χ4n) is 3.15. The highest BCUT2D eigenvalue weighted by Gasteiger charge is 2.31. The van der Waals surface area contributed by atoms with Crippen molar-refractivity contribution in [3.63, 3.8) is 0 Å². The van der Waals surface area contributed by atoms with Gasteiger partial charge in [0, 0.05) is 22.0 Å². The van der Waals surface area contributed by atoms with E-state index in [2.05, 4.69) is 15.3 Å². The summed E-state index contributed by atoms with van der Waals surface area (Å²) in [5, 5.41) is 3.44. The van der Waals surface area contributed by atoms with Gasteiger partial charge in [0.2, 0.25) is 0 Å². The number of carbonyl (C=O) groups is 1. The van der Waals surface area contributed by atoms with Gasteiger partial charge in [-0.05, 0) is 54.1 Å². The van der Waals surface area contributed by atoms with Crippen molar-refractivity contribution in [2.75, 3.05) is 5.32 Å². The third-order valence-corrected chi connectivity index (χ3v) is 5.78. The van der Waals surface area contributed by atoms with E-state index in [4.69, 9.17) is 34.8 Å². The maximum absolute atomic E-state index is 13.0. The summed E-state index contributed by atoms with van der Waals surface area (Å²) < 4.78 is 38.9. The number of halogens is 6. The zero-order valence-corrected chi connectivity index (χ0v) is 18.3. The first kappa shape index (κ1) is 22.5. The fourth-order valence-corrected chi connectivity index (χ4v) is 3.84. The summed E-state index contributed by atoms with van der Waals surface area (Å²) in [5.41, 5.74) is 1.07. The molecule has 0 atom stereocenters. The first-order chi connectivity index (χ1) is 15.1. The van der Waals surface area contributed by atoms with Crippen molar-refractivity contribution in [1.82, 2.24) is 9.97 Å². The van der Waals surface area contributed by atoms with Gasteiger partial charge in [0.15, 0.2) is 0 Å². The number of nitrogens with zero attached hydrogens (tertiary/aromatic N) is 1.